The quantitative estimate of drug-likeness (QED) is 0.149. The highest BCUT2D eigenvalue weighted by Crippen LogP contribution is 2.36. The average molecular weight is 529 g/mol. The van der Waals surface area contributed by atoms with Gasteiger partial charge in [0.15, 0.2) is 18.7 Å². The summed E-state index contributed by atoms with van der Waals surface area (Å²) in [5.41, 5.74) is -1.29. The van der Waals surface area contributed by atoms with Crippen molar-refractivity contribution in [1.82, 2.24) is 0 Å². The normalized spacial score (nSPS) is 50.1. The third-order valence-electron chi connectivity index (χ3n) is 7.01. The molecule has 0 aromatic carbocycles. The first kappa shape index (κ1) is 29.5. The summed E-state index contributed by atoms with van der Waals surface area (Å²) < 4.78 is 33.1. The molecule has 0 spiro atoms. The van der Waals surface area contributed by atoms with E-state index >= 15 is 0 Å². The Morgan fingerprint density at radius 2 is 1.50 bits per heavy atom. The first-order chi connectivity index (χ1) is 16.9. The predicted octanol–water partition coefficient (Wildman–Crippen LogP) is -4.34. The molecule has 0 bridgehead atoms. The van der Waals surface area contributed by atoms with E-state index in [0.717, 1.165) is 0 Å². The highest BCUT2D eigenvalue weighted by atomic mass is 16.7. The van der Waals surface area contributed by atoms with E-state index in [4.69, 9.17) is 33.5 Å². The predicted molar refractivity (Wildman–Crippen MR) is 113 cm³/mol. The number of rotatable bonds is 8. The third-order valence-corrected chi connectivity index (χ3v) is 7.01. The van der Waals surface area contributed by atoms with Crippen LogP contribution in [0.4, 0.5) is 0 Å². The van der Waals surface area contributed by atoms with Gasteiger partial charge in [-0.05, 0) is 13.3 Å². The molecule has 0 aromatic heterocycles. The number of ether oxygens (including phenoxy) is 6. The van der Waals surface area contributed by atoms with Crippen LogP contribution in [0.2, 0.25) is 0 Å². The molecule has 14 atom stereocenters. The Morgan fingerprint density at radius 3 is 2.08 bits per heavy atom. The zero-order chi connectivity index (χ0) is 26.9. The van der Waals surface area contributed by atoms with E-state index in [2.05, 4.69) is 0 Å². The van der Waals surface area contributed by atoms with E-state index < -0.39 is 97.9 Å². The molecule has 0 radical (unpaired) electrons. The molecule has 3 fully saturated rings. The standard InChI is InChI=1S/C21H36O15/c1-4-21(6-33-7(2)9(22)17(21)31-3)36-20-15(28)11(24)10(23)8(34-20)5-32-19-14(27)12(25)13(26)16(35-19)18(29)30/h7-17,19-20,22-28H,4-6H2,1-3H3,(H,29,30)/t7?,8?,9-,10+,11?,12?,13-,14?,15?,16?,17?,19-,20+,21?/m0/s1. The first-order valence-electron chi connectivity index (χ1n) is 11.6. The molecule has 3 rings (SSSR count). The van der Waals surface area contributed by atoms with Crippen LogP contribution < -0.4 is 0 Å². The Balaban J connectivity index is 1.72. The molecule has 8 N–H and O–H groups in total. The van der Waals surface area contributed by atoms with Crippen LogP contribution in [0.1, 0.15) is 20.3 Å². The van der Waals surface area contributed by atoms with E-state index in [1.165, 1.54) is 7.11 Å². The largest absolute Gasteiger partial charge is 0.479 e. The lowest BCUT2D eigenvalue weighted by Crippen LogP contribution is -2.67. The number of hydrogen-bond acceptors (Lipinski definition) is 14. The molecule has 15 nitrogen and oxygen atoms in total. The summed E-state index contributed by atoms with van der Waals surface area (Å²) >= 11 is 0. The van der Waals surface area contributed by atoms with Crippen LogP contribution in [0.25, 0.3) is 0 Å². The van der Waals surface area contributed by atoms with Gasteiger partial charge < -0.3 is 69.3 Å². The summed E-state index contributed by atoms with van der Waals surface area (Å²) in [4.78, 5) is 11.3. The Kier molecular flexibility index (Phi) is 9.65. The summed E-state index contributed by atoms with van der Waals surface area (Å²) in [6.45, 7) is 2.75. The van der Waals surface area contributed by atoms with Crippen LogP contribution in [0.3, 0.4) is 0 Å². The van der Waals surface area contributed by atoms with Crippen LogP contribution in [-0.4, -0.2) is 152 Å². The molecular formula is C21H36O15. The van der Waals surface area contributed by atoms with Crippen molar-refractivity contribution in [3.63, 3.8) is 0 Å². The van der Waals surface area contributed by atoms with Crippen LogP contribution >= 0.6 is 0 Å². The molecule has 3 aliphatic rings. The van der Waals surface area contributed by atoms with Gasteiger partial charge in [0.1, 0.15) is 60.5 Å². The smallest absolute Gasteiger partial charge is 0.335 e. The minimum absolute atomic E-state index is 0.0362. The number of aliphatic hydroxyl groups is 7. The third kappa shape index (κ3) is 5.54. The molecule has 0 saturated carbocycles. The molecule has 0 aliphatic carbocycles. The van der Waals surface area contributed by atoms with Gasteiger partial charge in [0.25, 0.3) is 0 Å². The SMILES string of the molecule is CCC1(O[C@H]2OC(CO[C@H]3OC(C(=O)O)[C@@H](O)C(O)C3O)[C@@H](O)C(O)C2O)COC(C)[C@H](O)C1OC. The van der Waals surface area contributed by atoms with E-state index in [1.54, 1.807) is 13.8 Å². The first-order valence-corrected chi connectivity index (χ1v) is 11.6. The van der Waals surface area contributed by atoms with Gasteiger partial charge in [0.2, 0.25) is 0 Å². The van der Waals surface area contributed by atoms with Gasteiger partial charge in [-0.3, -0.25) is 0 Å². The Hall–Kier alpha value is -1.05. The maximum absolute atomic E-state index is 11.3. The summed E-state index contributed by atoms with van der Waals surface area (Å²) in [5, 5.41) is 80.9. The molecule has 36 heavy (non-hydrogen) atoms. The lowest BCUT2D eigenvalue weighted by molar-refractivity contribution is -0.366. The Bertz CT molecular complexity index is 740. The molecule has 0 aromatic rings. The van der Waals surface area contributed by atoms with Crippen LogP contribution in [0, 0.1) is 0 Å². The zero-order valence-corrected chi connectivity index (χ0v) is 20.1. The number of aliphatic carboxylic acids is 1. The molecule has 0 amide bonds. The number of methoxy groups -OCH3 is 1. The van der Waals surface area contributed by atoms with Gasteiger partial charge in [-0.2, -0.15) is 0 Å². The van der Waals surface area contributed by atoms with Crippen molar-refractivity contribution in [1.29, 1.82) is 0 Å². The van der Waals surface area contributed by atoms with Crippen molar-refractivity contribution in [2.75, 3.05) is 20.3 Å². The minimum atomic E-state index is -1.92. The number of hydrogen-bond donors (Lipinski definition) is 8. The topological polar surface area (TPSA) is 234 Å². The number of carboxylic acid groups (broad SMARTS) is 1. The maximum Gasteiger partial charge on any atom is 0.335 e. The van der Waals surface area contributed by atoms with E-state index in [0.29, 0.717) is 0 Å². The highest BCUT2D eigenvalue weighted by molar-refractivity contribution is 5.73. The minimum Gasteiger partial charge on any atom is -0.479 e. The summed E-state index contributed by atoms with van der Waals surface area (Å²) in [7, 11) is 1.37. The molecule has 9 unspecified atom stereocenters. The molecule has 15 heteroatoms. The Labute approximate surface area is 206 Å². The lowest BCUT2D eigenvalue weighted by Gasteiger charge is -2.50. The summed E-state index contributed by atoms with van der Waals surface area (Å²) in [6, 6.07) is 0. The molecule has 3 heterocycles. The monoisotopic (exact) mass is 528 g/mol. The van der Waals surface area contributed by atoms with Crippen molar-refractivity contribution < 1.29 is 74.1 Å². The van der Waals surface area contributed by atoms with E-state index in [9.17, 15) is 40.5 Å². The number of carboxylic acids is 1. The van der Waals surface area contributed by atoms with E-state index in [1.807, 2.05) is 0 Å². The van der Waals surface area contributed by atoms with Crippen LogP contribution in [0.5, 0.6) is 0 Å². The molecule has 3 saturated heterocycles. The number of aliphatic hydroxyl groups excluding tert-OH is 7. The van der Waals surface area contributed by atoms with E-state index in [-0.39, 0.29) is 13.0 Å². The van der Waals surface area contributed by atoms with Crippen molar-refractivity contribution in [3.8, 4) is 0 Å². The van der Waals surface area contributed by atoms with Crippen molar-refractivity contribution >= 4 is 5.97 Å². The summed E-state index contributed by atoms with van der Waals surface area (Å²) in [5.74, 6) is -1.60. The molecular weight excluding hydrogens is 492 g/mol. The van der Waals surface area contributed by atoms with Gasteiger partial charge in [-0.1, -0.05) is 6.92 Å². The van der Waals surface area contributed by atoms with Gasteiger partial charge in [0.05, 0.1) is 19.3 Å². The molecule has 210 valence electrons. The second-order valence-electron chi connectivity index (χ2n) is 9.28. The second-order valence-corrected chi connectivity index (χ2v) is 9.28. The maximum atomic E-state index is 11.3. The Morgan fingerprint density at radius 1 is 0.889 bits per heavy atom. The van der Waals surface area contributed by atoms with Gasteiger partial charge in [-0.25, -0.2) is 4.79 Å². The van der Waals surface area contributed by atoms with Gasteiger partial charge in [0, 0.05) is 7.11 Å². The van der Waals surface area contributed by atoms with Crippen LogP contribution in [-0.2, 0) is 33.2 Å². The van der Waals surface area contributed by atoms with Crippen molar-refractivity contribution in [3.05, 3.63) is 0 Å². The van der Waals surface area contributed by atoms with Crippen molar-refractivity contribution in [2.24, 2.45) is 0 Å². The van der Waals surface area contributed by atoms with Gasteiger partial charge in [-0.15, -0.1) is 0 Å². The number of carbonyl (C=O) groups is 1. The fraction of sp³-hybridized carbons (Fsp3) is 0.952. The molecule has 3 aliphatic heterocycles. The van der Waals surface area contributed by atoms with Crippen LogP contribution in [0.15, 0.2) is 0 Å². The average Bonchev–Trinajstić information content (AvgIpc) is 2.85. The fourth-order valence-corrected chi connectivity index (χ4v) is 4.61. The summed E-state index contributed by atoms with van der Waals surface area (Å²) in [6.07, 6.45) is -19.7. The van der Waals surface area contributed by atoms with Gasteiger partial charge >= 0.3 is 5.97 Å². The lowest BCUT2D eigenvalue weighted by atomic mass is 9.85. The zero-order valence-electron chi connectivity index (χ0n) is 20.1. The fourth-order valence-electron chi connectivity index (χ4n) is 4.61. The highest BCUT2D eigenvalue weighted by Gasteiger charge is 2.54. The second kappa shape index (κ2) is 11.8. The van der Waals surface area contributed by atoms with Crippen molar-refractivity contribution in [2.45, 2.75) is 106 Å².